The molecule has 1 unspecified atom stereocenters. The van der Waals surface area contributed by atoms with Crippen LogP contribution < -0.4 is 5.32 Å². The number of nitrogens with zero attached hydrogens (tertiary/aromatic N) is 2. The lowest BCUT2D eigenvalue weighted by molar-refractivity contribution is 0.0786. The molecule has 2 aliphatic heterocycles. The Hall–Kier alpha value is -1.44. The van der Waals surface area contributed by atoms with Crippen LogP contribution in [0.4, 0.5) is 0 Å². The maximum absolute atomic E-state index is 13.0. The number of rotatable bonds is 5. The van der Waals surface area contributed by atoms with Crippen molar-refractivity contribution in [1.29, 1.82) is 0 Å². The van der Waals surface area contributed by atoms with Crippen LogP contribution in [-0.2, 0) is 10.0 Å². The van der Waals surface area contributed by atoms with Crippen molar-refractivity contribution in [1.82, 2.24) is 14.5 Å². The molecule has 7 heteroatoms. The van der Waals surface area contributed by atoms with Gasteiger partial charge in [-0.2, -0.15) is 4.31 Å². The fourth-order valence-corrected chi connectivity index (χ4v) is 5.43. The third kappa shape index (κ3) is 3.94. The Labute approximate surface area is 156 Å². The first-order valence-electron chi connectivity index (χ1n) is 9.48. The minimum atomic E-state index is -3.53. The number of likely N-dealkylation sites (tertiary alicyclic amines) is 1. The van der Waals surface area contributed by atoms with Crippen molar-refractivity contribution in [3.05, 3.63) is 29.3 Å². The molecule has 3 rings (SSSR count). The number of carbonyl (C=O) groups excluding carboxylic acids is 1. The zero-order valence-electron chi connectivity index (χ0n) is 15.7. The molecule has 0 saturated carbocycles. The number of aryl methyl sites for hydroxylation is 1. The van der Waals surface area contributed by atoms with E-state index in [4.69, 9.17) is 0 Å². The summed E-state index contributed by atoms with van der Waals surface area (Å²) >= 11 is 0. The number of sulfonamides is 1. The monoisotopic (exact) mass is 379 g/mol. The van der Waals surface area contributed by atoms with E-state index < -0.39 is 10.0 Å². The van der Waals surface area contributed by atoms with Crippen LogP contribution in [0.15, 0.2) is 23.1 Å². The Bertz CT molecular complexity index is 757. The number of carbonyl (C=O) groups is 1. The van der Waals surface area contributed by atoms with Gasteiger partial charge in [0, 0.05) is 31.7 Å². The SMILES string of the molecule is CNCC1CCN(C(=O)c2cc(S(=O)(=O)N3CCCCC3)ccc2C)C1. The molecule has 26 heavy (non-hydrogen) atoms. The van der Waals surface area contributed by atoms with E-state index in [0.717, 1.165) is 50.9 Å². The Morgan fingerprint density at radius 2 is 1.92 bits per heavy atom. The lowest BCUT2D eigenvalue weighted by atomic mass is 10.1. The molecule has 0 aromatic heterocycles. The number of hydrogen-bond acceptors (Lipinski definition) is 4. The third-order valence-corrected chi connectivity index (χ3v) is 7.35. The van der Waals surface area contributed by atoms with E-state index in [2.05, 4.69) is 5.32 Å². The second kappa shape index (κ2) is 8.06. The first-order chi connectivity index (χ1) is 12.4. The van der Waals surface area contributed by atoms with Crippen LogP contribution in [0.25, 0.3) is 0 Å². The standard InChI is InChI=1S/C19H29N3O3S/c1-15-6-7-17(26(24,25)22-9-4-3-5-10-22)12-18(15)19(23)21-11-8-16(14-21)13-20-2/h6-7,12,16,20H,3-5,8-11,13-14H2,1-2H3. The zero-order chi connectivity index (χ0) is 18.7. The van der Waals surface area contributed by atoms with E-state index in [1.54, 1.807) is 22.5 Å². The molecule has 1 amide bonds. The molecule has 1 aromatic carbocycles. The second-order valence-corrected chi connectivity index (χ2v) is 9.34. The highest BCUT2D eigenvalue weighted by atomic mass is 32.2. The highest BCUT2D eigenvalue weighted by molar-refractivity contribution is 7.89. The van der Waals surface area contributed by atoms with E-state index in [1.165, 1.54) is 0 Å². The summed E-state index contributed by atoms with van der Waals surface area (Å²) in [5, 5.41) is 3.16. The summed E-state index contributed by atoms with van der Waals surface area (Å²) in [6.45, 7) is 5.35. The lowest BCUT2D eigenvalue weighted by Crippen LogP contribution is -2.36. The summed E-state index contributed by atoms with van der Waals surface area (Å²) in [6.07, 6.45) is 3.86. The van der Waals surface area contributed by atoms with Gasteiger partial charge in [0.15, 0.2) is 0 Å². The molecular weight excluding hydrogens is 350 g/mol. The predicted molar refractivity (Wildman–Crippen MR) is 102 cm³/mol. The number of piperidine rings is 1. The second-order valence-electron chi connectivity index (χ2n) is 7.41. The fraction of sp³-hybridized carbons (Fsp3) is 0.632. The van der Waals surface area contributed by atoms with Gasteiger partial charge >= 0.3 is 0 Å². The Morgan fingerprint density at radius 3 is 2.62 bits per heavy atom. The summed E-state index contributed by atoms with van der Waals surface area (Å²) in [5.41, 5.74) is 1.33. The van der Waals surface area contributed by atoms with E-state index >= 15 is 0 Å². The molecule has 1 N–H and O–H groups in total. The van der Waals surface area contributed by atoms with Gasteiger partial charge in [0.25, 0.3) is 5.91 Å². The van der Waals surface area contributed by atoms with E-state index in [9.17, 15) is 13.2 Å². The molecule has 2 heterocycles. The normalized spacial score (nSPS) is 21.9. The van der Waals surface area contributed by atoms with Crippen molar-refractivity contribution in [2.45, 2.75) is 37.5 Å². The van der Waals surface area contributed by atoms with Gasteiger partial charge in [0.05, 0.1) is 4.90 Å². The highest BCUT2D eigenvalue weighted by Crippen LogP contribution is 2.25. The lowest BCUT2D eigenvalue weighted by Gasteiger charge is -2.26. The minimum absolute atomic E-state index is 0.0585. The van der Waals surface area contributed by atoms with Crippen molar-refractivity contribution in [2.24, 2.45) is 5.92 Å². The molecule has 2 aliphatic rings. The summed E-state index contributed by atoms with van der Waals surface area (Å²) in [5.74, 6) is 0.404. The van der Waals surface area contributed by atoms with Crippen LogP contribution in [0.2, 0.25) is 0 Å². The number of hydrogen-bond donors (Lipinski definition) is 1. The van der Waals surface area contributed by atoms with Crippen molar-refractivity contribution in [3.63, 3.8) is 0 Å². The van der Waals surface area contributed by atoms with Gasteiger partial charge in [-0.3, -0.25) is 4.79 Å². The first kappa shape index (κ1) is 19.3. The maximum atomic E-state index is 13.0. The molecule has 2 fully saturated rings. The Morgan fingerprint density at radius 1 is 1.19 bits per heavy atom. The minimum Gasteiger partial charge on any atom is -0.338 e. The van der Waals surface area contributed by atoms with Crippen LogP contribution in [0.5, 0.6) is 0 Å². The van der Waals surface area contributed by atoms with Gasteiger partial charge in [-0.15, -0.1) is 0 Å². The van der Waals surface area contributed by atoms with Crippen molar-refractivity contribution < 1.29 is 13.2 Å². The van der Waals surface area contributed by atoms with Gasteiger partial charge < -0.3 is 10.2 Å². The topological polar surface area (TPSA) is 69.7 Å². The molecule has 0 spiro atoms. The Balaban J connectivity index is 1.82. The molecule has 1 atom stereocenters. The van der Waals surface area contributed by atoms with Crippen molar-refractivity contribution in [2.75, 3.05) is 39.8 Å². The van der Waals surface area contributed by atoms with E-state index in [1.807, 2.05) is 18.9 Å². The average molecular weight is 380 g/mol. The average Bonchev–Trinajstić information content (AvgIpc) is 3.11. The van der Waals surface area contributed by atoms with E-state index in [-0.39, 0.29) is 10.8 Å². The summed E-state index contributed by atoms with van der Waals surface area (Å²) in [7, 11) is -1.60. The molecule has 0 aliphatic carbocycles. The third-order valence-electron chi connectivity index (χ3n) is 5.46. The molecule has 0 radical (unpaired) electrons. The molecule has 2 saturated heterocycles. The highest BCUT2D eigenvalue weighted by Gasteiger charge is 2.30. The van der Waals surface area contributed by atoms with Crippen molar-refractivity contribution >= 4 is 15.9 Å². The van der Waals surface area contributed by atoms with Gasteiger partial charge in [-0.25, -0.2) is 8.42 Å². The van der Waals surface area contributed by atoms with Gasteiger partial charge in [-0.1, -0.05) is 12.5 Å². The molecule has 0 bridgehead atoms. The zero-order valence-corrected chi connectivity index (χ0v) is 16.5. The van der Waals surface area contributed by atoms with E-state index in [0.29, 0.717) is 24.6 Å². The largest absolute Gasteiger partial charge is 0.338 e. The van der Waals surface area contributed by atoms with Crippen molar-refractivity contribution in [3.8, 4) is 0 Å². The number of nitrogens with one attached hydrogen (secondary N) is 1. The van der Waals surface area contributed by atoms with Crippen LogP contribution in [0, 0.1) is 12.8 Å². The number of amides is 1. The molecular formula is C19H29N3O3S. The fourth-order valence-electron chi connectivity index (χ4n) is 3.89. The summed E-state index contributed by atoms with van der Waals surface area (Å²) < 4.78 is 27.4. The molecule has 144 valence electrons. The first-order valence-corrected chi connectivity index (χ1v) is 10.9. The van der Waals surface area contributed by atoms with Crippen LogP contribution >= 0.6 is 0 Å². The van der Waals surface area contributed by atoms with Crippen LogP contribution in [0.3, 0.4) is 0 Å². The van der Waals surface area contributed by atoms with Crippen LogP contribution in [0.1, 0.15) is 41.6 Å². The van der Waals surface area contributed by atoms with Gasteiger partial charge in [0.2, 0.25) is 10.0 Å². The molecule has 1 aromatic rings. The quantitative estimate of drug-likeness (QED) is 0.848. The van der Waals surface area contributed by atoms with Gasteiger partial charge in [-0.05, 0) is 63.4 Å². The Kier molecular flexibility index (Phi) is 5.99. The van der Waals surface area contributed by atoms with Crippen LogP contribution in [-0.4, -0.2) is 63.3 Å². The molecule has 6 nitrogen and oxygen atoms in total. The number of benzene rings is 1. The summed E-state index contributed by atoms with van der Waals surface area (Å²) in [6, 6.07) is 4.96. The smallest absolute Gasteiger partial charge is 0.254 e. The summed E-state index contributed by atoms with van der Waals surface area (Å²) in [4.78, 5) is 15.1. The van der Waals surface area contributed by atoms with Gasteiger partial charge in [0.1, 0.15) is 0 Å². The predicted octanol–water partition coefficient (Wildman–Crippen LogP) is 1.85. The maximum Gasteiger partial charge on any atom is 0.254 e.